The molecular weight excluding hydrogens is 415 g/mol. The first kappa shape index (κ1) is 20.5. The summed E-state index contributed by atoms with van der Waals surface area (Å²) in [7, 11) is 0. The van der Waals surface area contributed by atoms with Gasteiger partial charge in [0.05, 0.1) is 5.56 Å². The number of alkyl halides is 3. The van der Waals surface area contributed by atoms with E-state index in [-0.39, 0.29) is 28.0 Å². The molecule has 1 fully saturated rings. The Labute approximate surface area is 158 Å². The van der Waals surface area contributed by atoms with Gasteiger partial charge in [0, 0.05) is 35.2 Å². The van der Waals surface area contributed by atoms with E-state index < -0.39 is 17.8 Å². The summed E-state index contributed by atoms with van der Waals surface area (Å²) in [6, 6.07) is 3.14. The third kappa shape index (κ3) is 5.36. The molecule has 2 rings (SSSR count). The van der Waals surface area contributed by atoms with E-state index in [0.717, 1.165) is 6.07 Å². The number of piperidine rings is 1. The van der Waals surface area contributed by atoms with Crippen molar-refractivity contribution < 1.29 is 22.8 Å². The van der Waals surface area contributed by atoms with Crippen molar-refractivity contribution in [3.05, 3.63) is 28.2 Å². The average Bonchev–Trinajstić information content (AvgIpc) is 2.55. The lowest BCUT2D eigenvalue weighted by Crippen LogP contribution is -2.45. The third-order valence-corrected chi connectivity index (χ3v) is 4.80. The first-order valence-corrected chi connectivity index (χ1v) is 9.10. The van der Waals surface area contributed by atoms with E-state index in [1.807, 2.05) is 13.8 Å². The van der Waals surface area contributed by atoms with Gasteiger partial charge in [-0.15, -0.1) is 0 Å². The number of anilines is 1. The van der Waals surface area contributed by atoms with Gasteiger partial charge in [-0.1, -0.05) is 15.9 Å². The number of amides is 3. The van der Waals surface area contributed by atoms with Gasteiger partial charge >= 0.3 is 12.2 Å². The summed E-state index contributed by atoms with van der Waals surface area (Å²) in [5, 5.41) is 5.35. The van der Waals surface area contributed by atoms with Gasteiger partial charge in [-0.2, -0.15) is 13.2 Å². The topological polar surface area (TPSA) is 61.4 Å². The van der Waals surface area contributed by atoms with Crippen molar-refractivity contribution in [1.29, 1.82) is 0 Å². The van der Waals surface area contributed by atoms with Gasteiger partial charge in [-0.3, -0.25) is 4.79 Å². The van der Waals surface area contributed by atoms with Crippen LogP contribution in [0.25, 0.3) is 0 Å². The fourth-order valence-corrected chi connectivity index (χ4v) is 3.24. The van der Waals surface area contributed by atoms with Gasteiger partial charge in [-0.05, 0) is 44.9 Å². The maximum absolute atomic E-state index is 12.9. The smallest absolute Gasteiger partial charge is 0.354 e. The largest absolute Gasteiger partial charge is 0.417 e. The van der Waals surface area contributed by atoms with Crippen LogP contribution in [0.3, 0.4) is 0 Å². The second-order valence-electron chi connectivity index (χ2n) is 6.55. The number of likely N-dealkylation sites (tertiary alicyclic amines) is 1. The van der Waals surface area contributed by atoms with E-state index in [9.17, 15) is 22.8 Å². The molecule has 1 aromatic carbocycles. The predicted octanol–water partition coefficient (Wildman–Crippen LogP) is 4.24. The zero-order chi connectivity index (χ0) is 19.5. The summed E-state index contributed by atoms with van der Waals surface area (Å²) in [6.45, 7) is 4.52. The fourth-order valence-electron chi connectivity index (χ4n) is 2.77. The maximum Gasteiger partial charge on any atom is 0.417 e. The summed E-state index contributed by atoms with van der Waals surface area (Å²) in [5.74, 6) is -0.172. The predicted molar refractivity (Wildman–Crippen MR) is 95.7 cm³/mol. The molecule has 0 bridgehead atoms. The van der Waals surface area contributed by atoms with E-state index >= 15 is 0 Å². The first-order chi connectivity index (χ1) is 12.1. The molecular formula is C17H21BrF3N3O2. The molecule has 1 aromatic rings. The molecule has 3 amide bonds. The molecule has 1 aliphatic heterocycles. The Morgan fingerprint density at radius 3 is 2.38 bits per heavy atom. The van der Waals surface area contributed by atoms with Crippen molar-refractivity contribution in [3.8, 4) is 0 Å². The van der Waals surface area contributed by atoms with Crippen molar-refractivity contribution in [1.82, 2.24) is 10.2 Å². The highest BCUT2D eigenvalue weighted by atomic mass is 79.9. The van der Waals surface area contributed by atoms with E-state index in [1.54, 1.807) is 0 Å². The van der Waals surface area contributed by atoms with Crippen molar-refractivity contribution in [3.63, 3.8) is 0 Å². The lowest BCUT2D eigenvalue weighted by atomic mass is 9.96. The van der Waals surface area contributed by atoms with Crippen molar-refractivity contribution in [2.24, 2.45) is 5.92 Å². The number of rotatable bonds is 3. The SMILES string of the molecule is CC(C)NC(=O)C1CCN(C(=O)Nc2ccc(Br)c(C(F)(F)F)c2)CC1. The molecule has 144 valence electrons. The maximum atomic E-state index is 12.9. The number of carbonyl (C=O) groups excluding carboxylic acids is 2. The Balaban J connectivity index is 1.95. The molecule has 0 aromatic heterocycles. The van der Waals surface area contributed by atoms with Crippen LogP contribution >= 0.6 is 15.9 Å². The van der Waals surface area contributed by atoms with Crippen LogP contribution in [0.4, 0.5) is 23.7 Å². The Kier molecular flexibility index (Phi) is 6.54. The van der Waals surface area contributed by atoms with Crippen molar-refractivity contribution >= 4 is 33.6 Å². The standard InChI is InChI=1S/C17H21BrF3N3O2/c1-10(2)22-15(25)11-5-7-24(8-6-11)16(26)23-12-3-4-14(18)13(9-12)17(19,20)21/h3-4,9-11H,5-8H2,1-2H3,(H,22,25)(H,23,26). The number of hydrogen-bond acceptors (Lipinski definition) is 2. The summed E-state index contributed by atoms with van der Waals surface area (Å²) in [5.41, 5.74) is -0.774. The van der Waals surface area contributed by atoms with Crippen LogP contribution in [0.1, 0.15) is 32.3 Å². The number of benzene rings is 1. The molecule has 9 heteroatoms. The molecule has 0 saturated carbocycles. The highest BCUT2D eigenvalue weighted by molar-refractivity contribution is 9.10. The third-order valence-electron chi connectivity index (χ3n) is 4.11. The molecule has 0 radical (unpaired) electrons. The lowest BCUT2D eigenvalue weighted by Gasteiger charge is -2.31. The molecule has 2 N–H and O–H groups in total. The minimum Gasteiger partial charge on any atom is -0.354 e. The van der Waals surface area contributed by atoms with Crippen molar-refractivity contribution in [2.45, 2.75) is 38.9 Å². The van der Waals surface area contributed by atoms with Gasteiger partial charge in [0.15, 0.2) is 0 Å². The van der Waals surface area contributed by atoms with Crippen LogP contribution in [0.5, 0.6) is 0 Å². The summed E-state index contributed by atoms with van der Waals surface area (Å²) < 4.78 is 38.7. The van der Waals surface area contributed by atoms with E-state index in [1.165, 1.54) is 17.0 Å². The molecule has 26 heavy (non-hydrogen) atoms. The normalized spacial score (nSPS) is 15.9. The van der Waals surface area contributed by atoms with Gasteiger partial charge in [0.1, 0.15) is 0 Å². The molecule has 1 saturated heterocycles. The lowest BCUT2D eigenvalue weighted by molar-refractivity contribution is -0.138. The first-order valence-electron chi connectivity index (χ1n) is 8.31. The van der Waals surface area contributed by atoms with E-state index in [4.69, 9.17) is 0 Å². The monoisotopic (exact) mass is 435 g/mol. The molecule has 1 aliphatic rings. The molecule has 0 spiro atoms. The minimum atomic E-state index is -4.51. The number of urea groups is 1. The molecule has 0 unspecified atom stereocenters. The minimum absolute atomic E-state index is 0.0252. The van der Waals surface area contributed by atoms with E-state index in [2.05, 4.69) is 26.6 Å². The average molecular weight is 436 g/mol. The number of halogens is 4. The Hall–Kier alpha value is -1.77. The molecule has 0 atom stereocenters. The molecule has 5 nitrogen and oxygen atoms in total. The van der Waals surface area contributed by atoms with Gasteiger partial charge < -0.3 is 15.5 Å². The molecule has 0 aliphatic carbocycles. The summed E-state index contributed by atoms with van der Waals surface area (Å²) >= 11 is 2.87. The van der Waals surface area contributed by atoms with Crippen LogP contribution in [-0.2, 0) is 11.0 Å². The van der Waals surface area contributed by atoms with Crippen LogP contribution in [0.15, 0.2) is 22.7 Å². The summed E-state index contributed by atoms with van der Waals surface area (Å²) in [4.78, 5) is 25.8. The fraction of sp³-hybridized carbons (Fsp3) is 0.529. The molecule has 1 heterocycles. The highest BCUT2D eigenvalue weighted by Crippen LogP contribution is 2.36. The zero-order valence-electron chi connectivity index (χ0n) is 14.5. The van der Waals surface area contributed by atoms with Crippen LogP contribution in [0.2, 0.25) is 0 Å². The number of hydrogen-bond donors (Lipinski definition) is 2. The Bertz CT molecular complexity index is 672. The quantitative estimate of drug-likeness (QED) is 0.745. The van der Waals surface area contributed by atoms with Crippen LogP contribution in [0, 0.1) is 5.92 Å². The van der Waals surface area contributed by atoms with Crippen molar-refractivity contribution in [2.75, 3.05) is 18.4 Å². The van der Waals surface area contributed by atoms with Gasteiger partial charge in [0.2, 0.25) is 5.91 Å². The van der Waals surface area contributed by atoms with Gasteiger partial charge in [0.25, 0.3) is 0 Å². The second kappa shape index (κ2) is 8.28. The van der Waals surface area contributed by atoms with Crippen LogP contribution < -0.4 is 10.6 Å². The van der Waals surface area contributed by atoms with Gasteiger partial charge in [-0.25, -0.2) is 4.79 Å². The number of nitrogens with zero attached hydrogens (tertiary/aromatic N) is 1. The highest BCUT2D eigenvalue weighted by Gasteiger charge is 2.33. The Morgan fingerprint density at radius 2 is 1.85 bits per heavy atom. The van der Waals surface area contributed by atoms with Crippen LogP contribution in [-0.4, -0.2) is 36.0 Å². The second-order valence-corrected chi connectivity index (χ2v) is 7.40. The number of nitrogens with one attached hydrogen (secondary N) is 2. The van der Waals surface area contributed by atoms with E-state index in [0.29, 0.717) is 25.9 Å². The summed E-state index contributed by atoms with van der Waals surface area (Å²) in [6.07, 6.45) is -3.46. The number of carbonyl (C=O) groups is 2. The Morgan fingerprint density at radius 1 is 1.23 bits per heavy atom. The zero-order valence-corrected chi connectivity index (χ0v) is 16.1.